The molecule has 0 saturated carbocycles. The van der Waals surface area contributed by atoms with Gasteiger partial charge in [-0.25, -0.2) is 0 Å². The van der Waals surface area contributed by atoms with Gasteiger partial charge < -0.3 is 14.5 Å². The summed E-state index contributed by atoms with van der Waals surface area (Å²) >= 11 is 0. The van der Waals surface area contributed by atoms with E-state index >= 15 is 0 Å². The van der Waals surface area contributed by atoms with E-state index in [0.717, 1.165) is 6.42 Å². The molecule has 1 aromatic carbocycles. The molecule has 0 aliphatic carbocycles. The zero-order valence-corrected chi connectivity index (χ0v) is 11.2. The van der Waals surface area contributed by atoms with E-state index in [2.05, 4.69) is 5.32 Å². The third kappa shape index (κ3) is 3.28. The highest BCUT2D eigenvalue weighted by Crippen LogP contribution is 2.35. The van der Waals surface area contributed by atoms with Crippen molar-refractivity contribution in [2.24, 2.45) is 0 Å². The second kappa shape index (κ2) is 6.60. The van der Waals surface area contributed by atoms with Crippen LogP contribution in [0.1, 0.15) is 19.1 Å². The Balaban J connectivity index is 2.20. The lowest BCUT2D eigenvalue weighted by Crippen LogP contribution is -2.05. The minimum atomic E-state index is -0.435. The topological polar surface area (TPSA) is 77.5 Å². The monoisotopic (exact) mass is 276 g/mol. The van der Waals surface area contributed by atoms with Crippen LogP contribution in [0.25, 0.3) is 0 Å². The first-order chi connectivity index (χ1) is 9.72. The standard InChI is InChI=1S/C14H16N2O4/c1-2-8-15-12-6-3-7-13(14(12)16(17)18)20-10-11-5-4-9-19-11/h3-7,9,15H,2,8,10H2,1H3. The minimum absolute atomic E-state index is 0.0486. The maximum atomic E-state index is 11.2. The third-order valence-electron chi connectivity index (χ3n) is 2.70. The van der Waals surface area contributed by atoms with Crippen LogP contribution in [0.4, 0.5) is 11.4 Å². The van der Waals surface area contributed by atoms with Crippen LogP contribution >= 0.6 is 0 Å². The van der Waals surface area contributed by atoms with Crippen molar-refractivity contribution in [3.05, 3.63) is 52.5 Å². The minimum Gasteiger partial charge on any atom is -0.479 e. The van der Waals surface area contributed by atoms with Gasteiger partial charge in [-0.1, -0.05) is 13.0 Å². The summed E-state index contributed by atoms with van der Waals surface area (Å²) in [5.41, 5.74) is 0.418. The van der Waals surface area contributed by atoms with Crippen LogP contribution in [0.2, 0.25) is 0 Å². The van der Waals surface area contributed by atoms with E-state index in [1.54, 1.807) is 30.3 Å². The van der Waals surface area contributed by atoms with Gasteiger partial charge in [0, 0.05) is 6.54 Å². The summed E-state index contributed by atoms with van der Waals surface area (Å²) in [4.78, 5) is 10.8. The molecule has 0 aliphatic rings. The number of nitro benzene ring substituents is 1. The number of hydrogen-bond acceptors (Lipinski definition) is 5. The molecule has 20 heavy (non-hydrogen) atoms. The van der Waals surface area contributed by atoms with E-state index in [-0.39, 0.29) is 18.0 Å². The van der Waals surface area contributed by atoms with Crippen molar-refractivity contribution in [1.29, 1.82) is 0 Å². The molecule has 1 aromatic heterocycles. The third-order valence-corrected chi connectivity index (χ3v) is 2.70. The highest BCUT2D eigenvalue weighted by atomic mass is 16.6. The quantitative estimate of drug-likeness (QED) is 0.617. The van der Waals surface area contributed by atoms with Gasteiger partial charge in [0.15, 0.2) is 5.75 Å². The lowest BCUT2D eigenvalue weighted by atomic mass is 10.2. The average Bonchev–Trinajstić information content (AvgIpc) is 2.95. The van der Waals surface area contributed by atoms with Gasteiger partial charge in [0.05, 0.1) is 11.2 Å². The second-order valence-corrected chi connectivity index (χ2v) is 4.20. The predicted molar refractivity (Wildman–Crippen MR) is 74.9 cm³/mol. The predicted octanol–water partition coefficient (Wildman–Crippen LogP) is 3.59. The smallest absolute Gasteiger partial charge is 0.333 e. The summed E-state index contributed by atoms with van der Waals surface area (Å²) in [6, 6.07) is 8.48. The Morgan fingerprint density at radius 2 is 2.20 bits per heavy atom. The van der Waals surface area contributed by atoms with Crippen molar-refractivity contribution >= 4 is 11.4 Å². The summed E-state index contributed by atoms with van der Waals surface area (Å²) in [5.74, 6) is 0.846. The molecule has 106 valence electrons. The first-order valence-electron chi connectivity index (χ1n) is 6.38. The number of anilines is 1. The number of nitrogens with zero attached hydrogens (tertiary/aromatic N) is 1. The normalized spacial score (nSPS) is 10.2. The lowest BCUT2D eigenvalue weighted by Gasteiger charge is -2.10. The Kier molecular flexibility index (Phi) is 4.60. The van der Waals surface area contributed by atoms with Gasteiger partial charge in [-0.2, -0.15) is 0 Å². The van der Waals surface area contributed by atoms with E-state index in [0.29, 0.717) is 18.0 Å². The van der Waals surface area contributed by atoms with Crippen LogP contribution < -0.4 is 10.1 Å². The molecule has 0 atom stereocenters. The van der Waals surface area contributed by atoms with E-state index in [9.17, 15) is 10.1 Å². The Morgan fingerprint density at radius 1 is 1.35 bits per heavy atom. The van der Waals surface area contributed by atoms with Crippen molar-refractivity contribution in [3.63, 3.8) is 0 Å². The van der Waals surface area contributed by atoms with Gasteiger partial charge >= 0.3 is 5.69 Å². The summed E-state index contributed by atoms with van der Waals surface area (Å²) in [6.07, 6.45) is 2.42. The van der Waals surface area contributed by atoms with Gasteiger partial charge in [-0.15, -0.1) is 0 Å². The molecule has 2 rings (SSSR count). The summed E-state index contributed by atoms with van der Waals surface area (Å²) in [6.45, 7) is 2.82. The number of rotatable bonds is 7. The molecule has 0 unspecified atom stereocenters. The summed E-state index contributed by atoms with van der Waals surface area (Å²) in [7, 11) is 0. The molecular formula is C14H16N2O4. The number of nitro groups is 1. The fraction of sp³-hybridized carbons (Fsp3) is 0.286. The van der Waals surface area contributed by atoms with Gasteiger partial charge in [0.25, 0.3) is 0 Å². The molecule has 0 radical (unpaired) electrons. The van der Waals surface area contributed by atoms with Crippen LogP contribution in [-0.4, -0.2) is 11.5 Å². The Morgan fingerprint density at radius 3 is 2.85 bits per heavy atom. The van der Waals surface area contributed by atoms with Crippen LogP contribution in [0.5, 0.6) is 5.75 Å². The molecule has 0 amide bonds. The van der Waals surface area contributed by atoms with Gasteiger partial charge in [-0.05, 0) is 30.7 Å². The fourth-order valence-electron chi connectivity index (χ4n) is 1.77. The molecule has 0 fully saturated rings. The molecular weight excluding hydrogens is 260 g/mol. The molecule has 0 saturated heterocycles. The van der Waals surface area contributed by atoms with Crippen LogP contribution in [-0.2, 0) is 6.61 Å². The maximum absolute atomic E-state index is 11.2. The van der Waals surface area contributed by atoms with Crippen molar-refractivity contribution in [3.8, 4) is 5.75 Å². The highest BCUT2D eigenvalue weighted by Gasteiger charge is 2.20. The maximum Gasteiger partial charge on any atom is 0.333 e. The zero-order chi connectivity index (χ0) is 14.4. The van der Waals surface area contributed by atoms with Crippen LogP contribution in [0.15, 0.2) is 41.0 Å². The first-order valence-corrected chi connectivity index (χ1v) is 6.38. The van der Waals surface area contributed by atoms with Crippen molar-refractivity contribution in [2.45, 2.75) is 20.0 Å². The fourth-order valence-corrected chi connectivity index (χ4v) is 1.77. The zero-order valence-electron chi connectivity index (χ0n) is 11.2. The average molecular weight is 276 g/mol. The first kappa shape index (κ1) is 13.9. The lowest BCUT2D eigenvalue weighted by molar-refractivity contribution is -0.385. The molecule has 2 aromatic rings. The molecule has 0 bridgehead atoms. The molecule has 1 N–H and O–H groups in total. The molecule has 0 aliphatic heterocycles. The molecule has 0 spiro atoms. The van der Waals surface area contributed by atoms with Crippen molar-refractivity contribution in [1.82, 2.24) is 0 Å². The van der Waals surface area contributed by atoms with Gasteiger partial charge in [-0.3, -0.25) is 10.1 Å². The number of hydrogen-bond donors (Lipinski definition) is 1. The Hall–Kier alpha value is -2.50. The van der Waals surface area contributed by atoms with E-state index in [1.807, 2.05) is 6.92 Å². The molecule has 6 nitrogen and oxygen atoms in total. The van der Waals surface area contributed by atoms with Crippen LogP contribution in [0, 0.1) is 10.1 Å². The van der Waals surface area contributed by atoms with E-state index in [4.69, 9.17) is 9.15 Å². The second-order valence-electron chi connectivity index (χ2n) is 4.20. The Labute approximate surface area is 116 Å². The number of nitrogens with one attached hydrogen (secondary N) is 1. The SMILES string of the molecule is CCCNc1cccc(OCc2ccco2)c1[N+](=O)[O-]. The molecule has 6 heteroatoms. The summed E-state index contributed by atoms with van der Waals surface area (Å²) < 4.78 is 10.6. The number of para-hydroxylation sites is 1. The molecule has 1 heterocycles. The number of furan rings is 1. The van der Waals surface area contributed by atoms with Crippen molar-refractivity contribution < 1.29 is 14.1 Å². The van der Waals surface area contributed by atoms with Crippen molar-refractivity contribution in [2.75, 3.05) is 11.9 Å². The van der Waals surface area contributed by atoms with Gasteiger partial charge in [0.2, 0.25) is 0 Å². The summed E-state index contributed by atoms with van der Waals surface area (Å²) in [5, 5.41) is 14.3. The van der Waals surface area contributed by atoms with Crippen LogP contribution in [0.3, 0.4) is 0 Å². The number of benzene rings is 1. The van der Waals surface area contributed by atoms with E-state index in [1.165, 1.54) is 6.26 Å². The van der Waals surface area contributed by atoms with Gasteiger partial charge in [0.1, 0.15) is 18.1 Å². The van der Waals surface area contributed by atoms with E-state index < -0.39 is 4.92 Å². The highest BCUT2D eigenvalue weighted by molar-refractivity contribution is 5.68. The number of ether oxygens (including phenoxy) is 1. The largest absolute Gasteiger partial charge is 0.479 e. The Bertz CT molecular complexity index is 567.